The smallest absolute Gasteiger partial charge is 0.363 e. The zero-order valence-electron chi connectivity index (χ0n) is 14.9. The fraction of sp³-hybridized carbons (Fsp3) is 0.0455. The molecule has 138 valence electrons. The van der Waals surface area contributed by atoms with Crippen LogP contribution in [0.4, 0.5) is 0 Å². The summed E-state index contributed by atoms with van der Waals surface area (Å²) in [5.41, 5.74) is 2.98. The van der Waals surface area contributed by atoms with Gasteiger partial charge in [-0.05, 0) is 55.0 Å². The van der Waals surface area contributed by atoms with E-state index in [0.29, 0.717) is 15.6 Å². The number of aliphatic imine (C=N–C) groups is 1. The summed E-state index contributed by atoms with van der Waals surface area (Å²) < 4.78 is 5.42. The van der Waals surface area contributed by atoms with Crippen molar-refractivity contribution in [2.24, 2.45) is 4.99 Å². The number of nitrogens with zero attached hydrogens (tertiary/aromatic N) is 2. The van der Waals surface area contributed by atoms with Gasteiger partial charge in [-0.1, -0.05) is 53.2 Å². The summed E-state index contributed by atoms with van der Waals surface area (Å²) in [5, 5.41) is 1.37. The number of carbonyl (C=O) groups excluding carboxylic acids is 1. The van der Waals surface area contributed by atoms with E-state index >= 15 is 0 Å². The van der Waals surface area contributed by atoms with Crippen molar-refractivity contribution < 1.29 is 9.53 Å². The molecular formula is C22H15ClN2O2S. The number of cyclic esters (lactones) is 1. The summed E-state index contributed by atoms with van der Waals surface area (Å²) in [5.74, 6) is -0.213. The van der Waals surface area contributed by atoms with Crippen LogP contribution in [0.5, 0.6) is 0 Å². The monoisotopic (exact) mass is 406 g/mol. The van der Waals surface area contributed by atoms with Crippen LogP contribution in [-0.2, 0) is 9.53 Å². The number of aryl methyl sites for hydroxylation is 1. The van der Waals surface area contributed by atoms with Gasteiger partial charge >= 0.3 is 5.97 Å². The highest BCUT2D eigenvalue weighted by molar-refractivity contribution is 7.99. The Balaban J connectivity index is 1.65. The van der Waals surface area contributed by atoms with Crippen molar-refractivity contribution in [3.05, 3.63) is 94.3 Å². The van der Waals surface area contributed by atoms with Crippen molar-refractivity contribution in [1.29, 1.82) is 0 Å². The van der Waals surface area contributed by atoms with Crippen LogP contribution in [0, 0.1) is 6.92 Å². The number of aromatic nitrogens is 1. The molecule has 4 rings (SSSR count). The number of halogens is 1. The zero-order valence-corrected chi connectivity index (χ0v) is 16.5. The van der Waals surface area contributed by atoms with Gasteiger partial charge in [0.2, 0.25) is 5.90 Å². The molecule has 0 N–H and O–H groups in total. The van der Waals surface area contributed by atoms with Crippen molar-refractivity contribution in [2.75, 3.05) is 0 Å². The summed E-state index contributed by atoms with van der Waals surface area (Å²) in [6.45, 7) is 2.01. The second-order valence-electron chi connectivity index (χ2n) is 6.16. The Kier molecular flexibility index (Phi) is 5.28. The molecule has 6 heteroatoms. The van der Waals surface area contributed by atoms with E-state index in [0.717, 1.165) is 16.0 Å². The fourth-order valence-corrected chi connectivity index (χ4v) is 3.59. The molecule has 1 aliphatic rings. The lowest BCUT2D eigenvalue weighted by Gasteiger charge is -2.06. The van der Waals surface area contributed by atoms with Crippen LogP contribution in [-0.4, -0.2) is 16.9 Å². The molecule has 0 radical (unpaired) electrons. The Morgan fingerprint density at radius 3 is 2.54 bits per heavy atom. The van der Waals surface area contributed by atoms with Gasteiger partial charge in [0.05, 0.1) is 5.56 Å². The molecule has 1 aromatic heterocycles. The van der Waals surface area contributed by atoms with Crippen LogP contribution < -0.4 is 0 Å². The highest BCUT2D eigenvalue weighted by atomic mass is 35.5. The van der Waals surface area contributed by atoms with Crippen LogP contribution in [0.15, 0.2) is 87.5 Å². The van der Waals surface area contributed by atoms with Gasteiger partial charge in [0.1, 0.15) is 5.03 Å². The molecule has 0 unspecified atom stereocenters. The zero-order chi connectivity index (χ0) is 19.5. The Labute approximate surface area is 171 Å². The Morgan fingerprint density at radius 2 is 1.79 bits per heavy atom. The van der Waals surface area contributed by atoms with E-state index in [1.807, 2.05) is 61.5 Å². The third-order valence-corrected chi connectivity index (χ3v) is 5.31. The Bertz CT molecular complexity index is 1090. The molecule has 2 aromatic carbocycles. The first kappa shape index (κ1) is 18.5. The molecule has 28 heavy (non-hydrogen) atoms. The first-order valence-electron chi connectivity index (χ1n) is 8.56. The van der Waals surface area contributed by atoms with E-state index in [2.05, 4.69) is 9.98 Å². The predicted octanol–water partition coefficient (Wildman–Crippen LogP) is 5.54. The van der Waals surface area contributed by atoms with Gasteiger partial charge in [-0.25, -0.2) is 14.8 Å². The minimum Gasteiger partial charge on any atom is -0.402 e. The topological polar surface area (TPSA) is 51.6 Å². The van der Waals surface area contributed by atoms with Crippen molar-refractivity contribution in [1.82, 2.24) is 4.98 Å². The lowest BCUT2D eigenvalue weighted by atomic mass is 10.1. The lowest BCUT2D eigenvalue weighted by molar-refractivity contribution is -0.129. The average Bonchev–Trinajstić information content (AvgIpc) is 3.06. The predicted molar refractivity (Wildman–Crippen MR) is 112 cm³/mol. The normalized spacial score (nSPS) is 14.9. The summed E-state index contributed by atoms with van der Waals surface area (Å²) in [7, 11) is 0. The van der Waals surface area contributed by atoms with E-state index in [4.69, 9.17) is 16.3 Å². The number of pyridine rings is 1. The Hall–Kier alpha value is -2.89. The number of ether oxygens (including phenoxy) is 1. The molecule has 0 amide bonds. The molecule has 0 bridgehead atoms. The minimum atomic E-state index is -0.470. The van der Waals surface area contributed by atoms with Crippen LogP contribution >= 0.6 is 23.4 Å². The number of carbonyl (C=O) groups is 1. The standard InChI is InChI=1S/C22H15ClN2O2S/c1-14-4-6-15(7-5-14)13-19-22(26)27-20(25-19)18-3-2-12-24-21(18)28-17-10-8-16(23)9-11-17/h2-13H,1H3/b19-13-. The SMILES string of the molecule is Cc1ccc(/C=C2\N=C(c3cccnc3Sc3ccc(Cl)cc3)OC2=O)cc1. The fourth-order valence-electron chi connectivity index (χ4n) is 2.59. The van der Waals surface area contributed by atoms with Crippen molar-refractivity contribution in [2.45, 2.75) is 16.8 Å². The van der Waals surface area contributed by atoms with E-state index < -0.39 is 5.97 Å². The van der Waals surface area contributed by atoms with Crippen LogP contribution in [0.25, 0.3) is 6.08 Å². The molecule has 1 aliphatic heterocycles. The largest absolute Gasteiger partial charge is 0.402 e. The van der Waals surface area contributed by atoms with Crippen LogP contribution in [0.1, 0.15) is 16.7 Å². The number of rotatable bonds is 4. The molecule has 0 aliphatic carbocycles. The van der Waals surface area contributed by atoms with Gasteiger partial charge in [0.25, 0.3) is 0 Å². The van der Waals surface area contributed by atoms with E-state index in [1.165, 1.54) is 11.8 Å². The number of esters is 1. The van der Waals surface area contributed by atoms with Gasteiger partial charge in [-0.2, -0.15) is 0 Å². The van der Waals surface area contributed by atoms with Crippen LogP contribution in [0.3, 0.4) is 0 Å². The third kappa shape index (κ3) is 4.16. The average molecular weight is 407 g/mol. The number of hydrogen-bond donors (Lipinski definition) is 0. The molecule has 4 nitrogen and oxygen atoms in total. The number of benzene rings is 2. The van der Waals surface area contributed by atoms with E-state index in [1.54, 1.807) is 18.3 Å². The summed E-state index contributed by atoms with van der Waals surface area (Å²) in [4.78, 5) is 22.1. The van der Waals surface area contributed by atoms with Crippen molar-refractivity contribution >= 4 is 41.3 Å². The van der Waals surface area contributed by atoms with Crippen molar-refractivity contribution in [3.8, 4) is 0 Å². The molecule has 0 spiro atoms. The summed E-state index contributed by atoms with van der Waals surface area (Å²) in [6, 6.07) is 18.9. The van der Waals surface area contributed by atoms with Gasteiger partial charge < -0.3 is 4.74 Å². The molecule has 0 saturated heterocycles. The second-order valence-corrected chi connectivity index (χ2v) is 7.66. The highest BCUT2D eigenvalue weighted by Gasteiger charge is 2.26. The maximum absolute atomic E-state index is 12.3. The molecule has 0 fully saturated rings. The third-order valence-electron chi connectivity index (χ3n) is 4.03. The molecule has 0 atom stereocenters. The second kappa shape index (κ2) is 8.00. The van der Waals surface area contributed by atoms with Gasteiger partial charge in [-0.3, -0.25) is 0 Å². The highest BCUT2D eigenvalue weighted by Crippen LogP contribution is 2.31. The summed E-state index contributed by atoms with van der Waals surface area (Å²) in [6.07, 6.45) is 3.42. The van der Waals surface area contributed by atoms with Crippen LogP contribution in [0.2, 0.25) is 5.02 Å². The molecule has 3 aromatic rings. The molecule has 2 heterocycles. The maximum atomic E-state index is 12.3. The van der Waals surface area contributed by atoms with Gasteiger partial charge in [0.15, 0.2) is 5.70 Å². The first-order chi connectivity index (χ1) is 13.6. The summed E-state index contributed by atoms with van der Waals surface area (Å²) >= 11 is 7.41. The molecule has 0 saturated carbocycles. The van der Waals surface area contributed by atoms with Gasteiger partial charge in [0, 0.05) is 16.1 Å². The van der Waals surface area contributed by atoms with Gasteiger partial charge in [-0.15, -0.1) is 0 Å². The Morgan fingerprint density at radius 1 is 1.04 bits per heavy atom. The lowest BCUT2D eigenvalue weighted by Crippen LogP contribution is -2.07. The number of hydrogen-bond acceptors (Lipinski definition) is 5. The quantitative estimate of drug-likeness (QED) is 0.421. The van der Waals surface area contributed by atoms with E-state index in [9.17, 15) is 4.79 Å². The van der Waals surface area contributed by atoms with E-state index in [-0.39, 0.29) is 11.6 Å². The molecular weight excluding hydrogens is 392 g/mol. The first-order valence-corrected chi connectivity index (χ1v) is 9.76. The minimum absolute atomic E-state index is 0.257. The van der Waals surface area contributed by atoms with Crippen molar-refractivity contribution in [3.63, 3.8) is 0 Å². The maximum Gasteiger partial charge on any atom is 0.363 e.